The quantitative estimate of drug-likeness (QED) is 0.675. The summed E-state index contributed by atoms with van der Waals surface area (Å²) in [5.41, 5.74) is 5.61. The van der Waals surface area contributed by atoms with Crippen molar-refractivity contribution in [3.63, 3.8) is 0 Å². The lowest BCUT2D eigenvalue weighted by Gasteiger charge is -2.37. The molecule has 1 saturated heterocycles. The molecule has 0 unspecified atom stereocenters. The smallest absolute Gasteiger partial charge is 0.253 e. The number of aromatic nitrogens is 2. The van der Waals surface area contributed by atoms with Gasteiger partial charge in [0.2, 0.25) is 11.6 Å². The van der Waals surface area contributed by atoms with Gasteiger partial charge < -0.3 is 15.5 Å². The van der Waals surface area contributed by atoms with Crippen LogP contribution in [0.3, 0.4) is 0 Å². The molecule has 1 fully saturated rings. The van der Waals surface area contributed by atoms with Crippen LogP contribution >= 0.6 is 0 Å². The maximum atomic E-state index is 13.8. The van der Waals surface area contributed by atoms with Crippen LogP contribution in [0.15, 0.2) is 18.3 Å². The first-order valence-electron chi connectivity index (χ1n) is 6.89. The first-order valence-corrected chi connectivity index (χ1v) is 6.89. The van der Waals surface area contributed by atoms with Crippen LogP contribution in [0.25, 0.3) is 0 Å². The Morgan fingerprint density at radius 3 is 1.96 bits per heavy atom. The number of piperazine rings is 1. The fourth-order valence-corrected chi connectivity index (χ4v) is 2.53. The number of pyridine rings is 2. The summed E-state index contributed by atoms with van der Waals surface area (Å²) < 4.78 is 53.9. The maximum absolute atomic E-state index is 13.8. The Hall–Kier alpha value is -2.58. The molecule has 1 aliphatic rings. The number of halogens is 4. The zero-order valence-corrected chi connectivity index (χ0v) is 11.9. The zero-order chi connectivity index (χ0) is 16.6. The Labute approximate surface area is 129 Å². The third-order valence-corrected chi connectivity index (χ3v) is 3.71. The molecule has 9 heteroatoms. The third kappa shape index (κ3) is 2.86. The molecule has 2 aromatic rings. The second-order valence-corrected chi connectivity index (χ2v) is 5.09. The van der Waals surface area contributed by atoms with E-state index in [1.54, 1.807) is 18.3 Å². The Bertz CT molecular complexity index is 688. The lowest BCUT2D eigenvalue weighted by atomic mass is 10.2. The van der Waals surface area contributed by atoms with Gasteiger partial charge in [0.05, 0.1) is 11.9 Å². The maximum Gasteiger partial charge on any atom is 0.253 e. The second kappa shape index (κ2) is 5.90. The van der Waals surface area contributed by atoms with Gasteiger partial charge in [0.15, 0.2) is 0 Å². The molecule has 2 aromatic heterocycles. The van der Waals surface area contributed by atoms with E-state index < -0.39 is 29.2 Å². The van der Waals surface area contributed by atoms with Crippen molar-refractivity contribution in [3.05, 3.63) is 41.9 Å². The lowest BCUT2D eigenvalue weighted by Crippen LogP contribution is -2.47. The molecule has 0 saturated carbocycles. The average Bonchev–Trinajstić information content (AvgIpc) is 2.55. The molecule has 0 atom stereocenters. The van der Waals surface area contributed by atoms with Crippen LogP contribution in [-0.2, 0) is 0 Å². The Balaban J connectivity index is 1.78. The third-order valence-electron chi connectivity index (χ3n) is 3.71. The average molecular weight is 327 g/mol. The van der Waals surface area contributed by atoms with Gasteiger partial charge in [-0.15, -0.1) is 0 Å². The summed E-state index contributed by atoms with van der Waals surface area (Å²) >= 11 is 0. The fourth-order valence-electron chi connectivity index (χ4n) is 2.53. The molecule has 0 aromatic carbocycles. The SMILES string of the molecule is Nc1ccc(N2CCN(c3c(F)c(F)nc(F)c3F)CC2)cn1. The van der Waals surface area contributed by atoms with E-state index in [1.165, 1.54) is 4.90 Å². The predicted molar refractivity (Wildman–Crippen MR) is 77.1 cm³/mol. The summed E-state index contributed by atoms with van der Waals surface area (Å²) in [6, 6.07) is 3.43. The molecule has 122 valence electrons. The largest absolute Gasteiger partial charge is 0.384 e. The minimum absolute atomic E-state index is 0.196. The summed E-state index contributed by atoms with van der Waals surface area (Å²) in [7, 11) is 0. The van der Waals surface area contributed by atoms with Crippen LogP contribution in [0.2, 0.25) is 0 Å². The standard InChI is InChI=1S/C14H13F4N5/c15-10-12(11(16)14(18)21-13(10)17)23-5-3-22(4-6-23)8-1-2-9(19)20-7-8/h1-2,7H,3-6H2,(H2,19,20). The van der Waals surface area contributed by atoms with Crippen molar-refractivity contribution in [1.29, 1.82) is 0 Å². The summed E-state index contributed by atoms with van der Waals surface area (Å²) in [4.78, 5) is 9.74. The highest BCUT2D eigenvalue weighted by Gasteiger charge is 2.28. The van der Waals surface area contributed by atoms with Gasteiger partial charge in [-0.25, -0.2) is 4.98 Å². The number of hydrogen-bond acceptors (Lipinski definition) is 5. The summed E-state index contributed by atoms with van der Waals surface area (Å²) in [6.07, 6.45) is 1.60. The minimum atomic E-state index is -1.65. The highest BCUT2D eigenvalue weighted by atomic mass is 19.2. The van der Waals surface area contributed by atoms with E-state index in [0.717, 1.165) is 5.69 Å². The first kappa shape index (κ1) is 15.3. The Kier molecular flexibility index (Phi) is 3.93. The molecular formula is C14H13F4N5. The Morgan fingerprint density at radius 2 is 1.43 bits per heavy atom. The van der Waals surface area contributed by atoms with Crippen molar-refractivity contribution in [3.8, 4) is 0 Å². The van der Waals surface area contributed by atoms with Crippen LogP contribution in [-0.4, -0.2) is 36.1 Å². The van der Waals surface area contributed by atoms with Crippen molar-refractivity contribution in [2.45, 2.75) is 0 Å². The summed E-state index contributed by atoms with van der Waals surface area (Å²) in [5.74, 6) is -5.87. The van der Waals surface area contributed by atoms with Crippen molar-refractivity contribution < 1.29 is 17.6 Å². The number of rotatable bonds is 2. The van der Waals surface area contributed by atoms with E-state index in [2.05, 4.69) is 9.97 Å². The van der Waals surface area contributed by atoms with E-state index in [4.69, 9.17) is 5.73 Å². The van der Waals surface area contributed by atoms with Crippen LogP contribution in [0.5, 0.6) is 0 Å². The van der Waals surface area contributed by atoms with Crippen LogP contribution in [0.4, 0.5) is 34.8 Å². The molecule has 1 aliphatic heterocycles. The summed E-state index contributed by atoms with van der Waals surface area (Å²) in [6.45, 7) is 1.22. The first-order chi connectivity index (χ1) is 11.0. The van der Waals surface area contributed by atoms with Gasteiger partial charge in [-0.2, -0.15) is 22.5 Å². The van der Waals surface area contributed by atoms with Crippen molar-refractivity contribution in [1.82, 2.24) is 9.97 Å². The molecule has 0 aliphatic carbocycles. The monoisotopic (exact) mass is 327 g/mol. The molecule has 0 radical (unpaired) electrons. The number of nitrogen functional groups attached to an aromatic ring is 1. The van der Waals surface area contributed by atoms with E-state index in [1.807, 2.05) is 4.90 Å². The number of hydrogen-bond donors (Lipinski definition) is 1. The van der Waals surface area contributed by atoms with Gasteiger partial charge in [-0.1, -0.05) is 0 Å². The van der Waals surface area contributed by atoms with Gasteiger partial charge in [0, 0.05) is 26.2 Å². The van der Waals surface area contributed by atoms with Gasteiger partial charge in [0.25, 0.3) is 11.9 Å². The van der Waals surface area contributed by atoms with Crippen molar-refractivity contribution >= 4 is 17.2 Å². The van der Waals surface area contributed by atoms with E-state index in [9.17, 15) is 17.6 Å². The number of nitrogens with zero attached hydrogens (tertiary/aromatic N) is 4. The molecule has 23 heavy (non-hydrogen) atoms. The molecular weight excluding hydrogens is 314 g/mol. The molecule has 0 spiro atoms. The molecule has 0 bridgehead atoms. The molecule has 3 rings (SSSR count). The highest BCUT2D eigenvalue weighted by molar-refractivity contribution is 5.53. The van der Waals surface area contributed by atoms with Crippen molar-refractivity contribution in [2.75, 3.05) is 41.7 Å². The predicted octanol–water partition coefficient (Wildman–Crippen LogP) is 1.94. The van der Waals surface area contributed by atoms with Gasteiger partial charge >= 0.3 is 0 Å². The van der Waals surface area contributed by atoms with E-state index >= 15 is 0 Å². The zero-order valence-electron chi connectivity index (χ0n) is 11.9. The molecule has 0 amide bonds. The Morgan fingerprint density at radius 1 is 0.870 bits per heavy atom. The van der Waals surface area contributed by atoms with Crippen LogP contribution < -0.4 is 15.5 Å². The topological polar surface area (TPSA) is 58.3 Å². The van der Waals surface area contributed by atoms with Gasteiger partial charge in [-0.3, -0.25) is 0 Å². The number of nitrogens with two attached hydrogens (primary N) is 1. The van der Waals surface area contributed by atoms with Crippen LogP contribution in [0.1, 0.15) is 0 Å². The second-order valence-electron chi connectivity index (χ2n) is 5.09. The number of anilines is 3. The van der Waals surface area contributed by atoms with E-state index in [-0.39, 0.29) is 13.1 Å². The normalized spacial score (nSPS) is 15.1. The molecule has 3 heterocycles. The lowest BCUT2D eigenvalue weighted by molar-refractivity contribution is 0.404. The minimum Gasteiger partial charge on any atom is -0.384 e. The highest BCUT2D eigenvalue weighted by Crippen LogP contribution is 2.28. The molecule has 5 nitrogen and oxygen atoms in total. The van der Waals surface area contributed by atoms with E-state index in [0.29, 0.717) is 18.9 Å². The van der Waals surface area contributed by atoms with Gasteiger partial charge in [-0.05, 0) is 12.1 Å². The van der Waals surface area contributed by atoms with Crippen LogP contribution in [0, 0.1) is 23.5 Å². The fraction of sp³-hybridized carbons (Fsp3) is 0.286. The summed E-state index contributed by atoms with van der Waals surface area (Å²) in [5, 5.41) is 0. The van der Waals surface area contributed by atoms with Gasteiger partial charge in [0.1, 0.15) is 11.5 Å². The van der Waals surface area contributed by atoms with Crippen molar-refractivity contribution in [2.24, 2.45) is 0 Å². The molecule has 2 N–H and O–H groups in total.